The van der Waals surface area contributed by atoms with Crippen LogP contribution in [-0.2, 0) is 16.6 Å². The molecule has 5 heteroatoms. The van der Waals surface area contributed by atoms with Crippen LogP contribution in [0, 0.1) is 5.92 Å². The Kier molecular flexibility index (Phi) is 7.86. The van der Waals surface area contributed by atoms with Gasteiger partial charge in [0.25, 0.3) is 0 Å². The molecule has 0 radical (unpaired) electrons. The van der Waals surface area contributed by atoms with Crippen LogP contribution < -0.4 is 10.2 Å². The highest BCUT2D eigenvalue weighted by Gasteiger charge is 2.26. The minimum absolute atomic E-state index is 0.482. The Bertz CT molecular complexity index is 769. The Labute approximate surface area is 176 Å². The van der Waals surface area contributed by atoms with Crippen molar-refractivity contribution in [1.82, 2.24) is 0 Å². The van der Waals surface area contributed by atoms with Gasteiger partial charge in [-0.25, -0.2) is 0 Å². The second-order valence-electron chi connectivity index (χ2n) is 7.83. The van der Waals surface area contributed by atoms with Gasteiger partial charge < -0.3 is 10.2 Å². The van der Waals surface area contributed by atoms with E-state index in [9.17, 15) is 4.21 Å². The molecule has 2 aromatic carbocycles. The number of hydrogen-bond donors (Lipinski definition) is 1. The maximum Gasteiger partial charge on any atom is 0.0605 e. The highest BCUT2D eigenvalue weighted by Crippen LogP contribution is 2.35. The number of hydrogen-bond acceptors (Lipinski definition) is 4. The Morgan fingerprint density at radius 1 is 1.14 bits per heavy atom. The number of anilines is 2. The summed E-state index contributed by atoms with van der Waals surface area (Å²) in [6.45, 7) is 5.58. The van der Waals surface area contributed by atoms with Crippen LogP contribution in [0.25, 0.3) is 0 Å². The van der Waals surface area contributed by atoms with Crippen molar-refractivity contribution in [2.45, 2.75) is 43.4 Å². The maximum absolute atomic E-state index is 11.8. The molecule has 2 aromatic rings. The average Bonchev–Trinajstić information content (AvgIpc) is 2.72. The maximum atomic E-state index is 11.8. The van der Waals surface area contributed by atoms with E-state index in [1.807, 2.05) is 18.8 Å². The number of thioether (sulfide) groups is 1. The molecule has 0 aromatic heterocycles. The van der Waals surface area contributed by atoms with Gasteiger partial charge in [-0.1, -0.05) is 44.2 Å². The van der Waals surface area contributed by atoms with Gasteiger partial charge in [-0.3, -0.25) is 4.21 Å². The van der Waals surface area contributed by atoms with Crippen molar-refractivity contribution >= 4 is 33.9 Å². The number of nitrogens with zero attached hydrogens (tertiary/aromatic N) is 1. The molecule has 3 nitrogen and oxygen atoms in total. The number of rotatable bonds is 8. The Morgan fingerprint density at radius 2 is 1.86 bits per heavy atom. The third-order valence-electron chi connectivity index (χ3n) is 5.16. The smallest absolute Gasteiger partial charge is 0.0605 e. The van der Waals surface area contributed by atoms with Crippen molar-refractivity contribution in [2.75, 3.05) is 35.3 Å². The largest absolute Gasteiger partial charge is 0.386 e. The Hall–Kier alpha value is -1.46. The summed E-state index contributed by atoms with van der Waals surface area (Å²) in [4.78, 5) is 3.84. The first-order valence-electron chi connectivity index (χ1n) is 10.2. The summed E-state index contributed by atoms with van der Waals surface area (Å²) in [5, 5.41) is 3.42. The van der Waals surface area contributed by atoms with Gasteiger partial charge >= 0.3 is 0 Å². The molecule has 0 bridgehead atoms. The van der Waals surface area contributed by atoms with Gasteiger partial charge in [0.2, 0.25) is 0 Å². The molecule has 0 unspecified atom stereocenters. The summed E-state index contributed by atoms with van der Waals surface area (Å²) in [6.07, 6.45) is 2.04. The SMILES string of the molecule is CNc1cc(SCc2ccccc2)ccc1N(CC(C)C)C1CCS(=O)CC1. The number of benzene rings is 2. The fourth-order valence-electron chi connectivity index (χ4n) is 3.73. The van der Waals surface area contributed by atoms with E-state index in [0.717, 1.165) is 36.6 Å². The summed E-state index contributed by atoms with van der Waals surface area (Å²) in [6, 6.07) is 17.9. The van der Waals surface area contributed by atoms with Gasteiger partial charge in [0.1, 0.15) is 0 Å². The quantitative estimate of drug-likeness (QED) is 0.585. The molecule has 28 heavy (non-hydrogen) atoms. The molecular weight excluding hydrogens is 384 g/mol. The first-order valence-corrected chi connectivity index (χ1v) is 12.6. The second-order valence-corrected chi connectivity index (χ2v) is 10.6. The summed E-state index contributed by atoms with van der Waals surface area (Å²) < 4.78 is 11.8. The molecule has 1 heterocycles. The Morgan fingerprint density at radius 3 is 2.50 bits per heavy atom. The van der Waals surface area contributed by atoms with Crippen LogP contribution in [0.15, 0.2) is 53.4 Å². The van der Waals surface area contributed by atoms with Crippen LogP contribution >= 0.6 is 11.8 Å². The third-order valence-corrected chi connectivity index (χ3v) is 7.60. The minimum atomic E-state index is -0.624. The molecule has 1 aliphatic rings. The molecule has 1 aliphatic heterocycles. The lowest BCUT2D eigenvalue weighted by Crippen LogP contribution is -2.42. The van der Waals surface area contributed by atoms with Crippen molar-refractivity contribution in [3.8, 4) is 0 Å². The highest BCUT2D eigenvalue weighted by atomic mass is 32.2. The summed E-state index contributed by atoms with van der Waals surface area (Å²) in [7, 11) is 1.38. The van der Waals surface area contributed by atoms with Gasteiger partial charge in [-0.05, 0) is 42.5 Å². The molecule has 1 fully saturated rings. The molecule has 3 rings (SSSR count). The fraction of sp³-hybridized carbons (Fsp3) is 0.478. The van der Waals surface area contributed by atoms with Crippen LogP contribution in [0.2, 0.25) is 0 Å². The molecular formula is C23H32N2OS2. The van der Waals surface area contributed by atoms with Gasteiger partial charge in [0.05, 0.1) is 11.4 Å². The van der Waals surface area contributed by atoms with Crippen LogP contribution in [0.5, 0.6) is 0 Å². The lowest BCUT2D eigenvalue weighted by Gasteiger charge is -2.38. The minimum Gasteiger partial charge on any atom is -0.386 e. The first kappa shape index (κ1) is 21.3. The van der Waals surface area contributed by atoms with Gasteiger partial charge in [-0.2, -0.15) is 0 Å². The molecule has 1 N–H and O–H groups in total. The van der Waals surface area contributed by atoms with E-state index in [2.05, 4.69) is 72.6 Å². The zero-order valence-corrected chi connectivity index (χ0v) is 18.8. The van der Waals surface area contributed by atoms with E-state index in [1.54, 1.807) is 0 Å². The van der Waals surface area contributed by atoms with E-state index in [1.165, 1.54) is 21.8 Å². The molecule has 0 amide bonds. The predicted octanol–water partition coefficient (Wildman–Crippen LogP) is 5.39. The molecule has 1 saturated heterocycles. The normalized spacial score (nSPS) is 19.6. The Balaban J connectivity index is 1.78. The zero-order valence-electron chi connectivity index (χ0n) is 17.2. The average molecular weight is 417 g/mol. The van der Waals surface area contributed by atoms with Crippen molar-refractivity contribution in [3.63, 3.8) is 0 Å². The molecule has 0 atom stereocenters. The lowest BCUT2D eigenvalue weighted by atomic mass is 10.0. The van der Waals surface area contributed by atoms with Crippen molar-refractivity contribution < 1.29 is 4.21 Å². The van der Waals surface area contributed by atoms with Crippen molar-refractivity contribution in [1.29, 1.82) is 0 Å². The zero-order chi connectivity index (χ0) is 19.9. The first-order chi connectivity index (χ1) is 13.6. The lowest BCUT2D eigenvalue weighted by molar-refractivity contribution is 0.500. The van der Waals surface area contributed by atoms with E-state index < -0.39 is 10.8 Å². The molecule has 152 valence electrons. The van der Waals surface area contributed by atoms with E-state index in [0.29, 0.717) is 12.0 Å². The fourth-order valence-corrected chi connectivity index (χ4v) is 5.89. The van der Waals surface area contributed by atoms with Crippen molar-refractivity contribution in [3.05, 3.63) is 54.1 Å². The topological polar surface area (TPSA) is 32.3 Å². The van der Waals surface area contributed by atoms with Gasteiger partial charge in [0.15, 0.2) is 0 Å². The third kappa shape index (κ3) is 5.77. The van der Waals surface area contributed by atoms with Crippen LogP contribution in [-0.4, -0.2) is 35.3 Å². The van der Waals surface area contributed by atoms with Gasteiger partial charge in [-0.15, -0.1) is 11.8 Å². The predicted molar refractivity (Wildman–Crippen MR) is 125 cm³/mol. The second kappa shape index (κ2) is 10.4. The molecule has 0 saturated carbocycles. The van der Waals surface area contributed by atoms with Crippen LogP contribution in [0.3, 0.4) is 0 Å². The molecule has 0 spiro atoms. The van der Waals surface area contributed by atoms with Crippen LogP contribution in [0.1, 0.15) is 32.3 Å². The standard InChI is InChI=1S/C23H32N2OS2/c1-18(2)16-25(20-11-13-28(26)14-12-20)23-10-9-21(15-22(23)24-3)27-17-19-7-5-4-6-8-19/h4-10,15,18,20,24H,11-14,16-17H2,1-3H3. The summed E-state index contributed by atoms with van der Waals surface area (Å²) in [5.41, 5.74) is 3.81. The van der Waals surface area contributed by atoms with E-state index in [4.69, 9.17) is 0 Å². The van der Waals surface area contributed by atoms with Crippen LogP contribution in [0.4, 0.5) is 11.4 Å². The number of nitrogens with one attached hydrogen (secondary N) is 1. The molecule has 0 aliphatic carbocycles. The van der Waals surface area contributed by atoms with E-state index >= 15 is 0 Å². The monoisotopic (exact) mass is 416 g/mol. The summed E-state index contributed by atoms with van der Waals surface area (Å²) >= 11 is 1.87. The van der Waals surface area contributed by atoms with Gasteiger partial charge in [0, 0.05) is 52.6 Å². The van der Waals surface area contributed by atoms with E-state index in [-0.39, 0.29) is 0 Å². The van der Waals surface area contributed by atoms with Crippen molar-refractivity contribution in [2.24, 2.45) is 5.92 Å². The summed E-state index contributed by atoms with van der Waals surface area (Å²) in [5.74, 6) is 3.23. The highest BCUT2D eigenvalue weighted by molar-refractivity contribution is 7.98.